The number of amides is 2. The van der Waals surface area contributed by atoms with Gasteiger partial charge in [0.1, 0.15) is 17.4 Å². The van der Waals surface area contributed by atoms with Gasteiger partial charge in [-0.3, -0.25) is 9.59 Å². The van der Waals surface area contributed by atoms with Gasteiger partial charge in [0.15, 0.2) is 5.76 Å². The largest absolute Gasteiger partial charge is 0.497 e. The quantitative estimate of drug-likeness (QED) is 0.451. The number of methoxy groups -OCH3 is 1. The zero-order valence-electron chi connectivity index (χ0n) is 20.1. The summed E-state index contributed by atoms with van der Waals surface area (Å²) in [7, 11) is 1.60. The Hall–Kier alpha value is -3.48. The van der Waals surface area contributed by atoms with Crippen LogP contribution in [0.2, 0.25) is 0 Å². The highest BCUT2D eigenvalue weighted by molar-refractivity contribution is 6.03. The van der Waals surface area contributed by atoms with Gasteiger partial charge < -0.3 is 24.7 Å². The molecule has 7 nitrogen and oxygen atoms in total. The summed E-state index contributed by atoms with van der Waals surface area (Å²) in [6.07, 6.45) is 4.68. The van der Waals surface area contributed by atoms with Gasteiger partial charge in [0, 0.05) is 35.4 Å². The predicted molar refractivity (Wildman–Crippen MR) is 135 cm³/mol. The molecule has 1 atom stereocenters. The van der Waals surface area contributed by atoms with Crippen LogP contribution in [0.1, 0.15) is 55.1 Å². The average molecular weight is 464 g/mol. The second kappa shape index (κ2) is 10.6. The molecule has 1 fully saturated rings. The topological polar surface area (TPSA) is 83.8 Å². The fourth-order valence-corrected chi connectivity index (χ4v) is 4.43. The lowest BCUT2D eigenvalue weighted by Crippen LogP contribution is -2.43. The summed E-state index contributed by atoms with van der Waals surface area (Å²) >= 11 is 0. The maximum Gasteiger partial charge on any atom is 0.287 e. The number of anilines is 2. The average Bonchev–Trinajstić information content (AvgIpc) is 3.50. The number of carbonyl (C=O) groups is 2. The molecule has 3 aromatic rings. The Labute approximate surface area is 200 Å². The minimum atomic E-state index is -0.662. The Morgan fingerprint density at radius 3 is 2.68 bits per heavy atom. The number of ether oxygens (including phenoxy) is 1. The van der Waals surface area contributed by atoms with Crippen molar-refractivity contribution >= 4 is 34.2 Å². The first-order chi connectivity index (χ1) is 16.5. The van der Waals surface area contributed by atoms with Crippen LogP contribution in [-0.4, -0.2) is 38.1 Å². The van der Waals surface area contributed by atoms with Crippen molar-refractivity contribution in [1.82, 2.24) is 5.32 Å². The van der Waals surface area contributed by atoms with E-state index in [0.29, 0.717) is 17.8 Å². The van der Waals surface area contributed by atoms with Crippen LogP contribution in [0.15, 0.2) is 46.9 Å². The Morgan fingerprint density at radius 1 is 1.15 bits per heavy atom. The van der Waals surface area contributed by atoms with Crippen molar-refractivity contribution < 1.29 is 18.7 Å². The Kier molecular flexibility index (Phi) is 7.40. The minimum Gasteiger partial charge on any atom is -0.497 e. The molecule has 1 aliphatic heterocycles. The highest BCUT2D eigenvalue weighted by atomic mass is 16.5. The molecule has 2 aromatic carbocycles. The zero-order chi connectivity index (χ0) is 24.1. The van der Waals surface area contributed by atoms with Crippen LogP contribution in [0, 0.1) is 6.92 Å². The van der Waals surface area contributed by atoms with E-state index < -0.39 is 11.9 Å². The van der Waals surface area contributed by atoms with Gasteiger partial charge in [-0.1, -0.05) is 25.8 Å². The SMILES string of the molecule is CCCCC(NC(=O)c1oc2ccc(OC)cc2c1C)C(=O)Nc1cccc(N2CCCC2)c1. The van der Waals surface area contributed by atoms with Crippen LogP contribution in [0.3, 0.4) is 0 Å². The van der Waals surface area contributed by atoms with Gasteiger partial charge in [-0.05, 0) is 62.6 Å². The number of furan rings is 1. The summed E-state index contributed by atoms with van der Waals surface area (Å²) in [5.74, 6) is 0.291. The van der Waals surface area contributed by atoms with E-state index >= 15 is 0 Å². The van der Waals surface area contributed by atoms with E-state index in [0.717, 1.165) is 48.3 Å². The van der Waals surface area contributed by atoms with Gasteiger partial charge in [0.25, 0.3) is 5.91 Å². The van der Waals surface area contributed by atoms with Crippen LogP contribution in [0.5, 0.6) is 5.75 Å². The van der Waals surface area contributed by atoms with Crippen molar-refractivity contribution in [2.24, 2.45) is 0 Å². The third-order valence-corrected chi connectivity index (χ3v) is 6.40. The standard InChI is InChI=1S/C27H33N3O4/c1-4-5-11-23(26(31)28-19-9-8-10-20(16-19)30-14-6-7-15-30)29-27(32)25-18(2)22-17-21(33-3)12-13-24(22)34-25/h8-10,12-13,16-17,23H,4-7,11,14-15H2,1-3H3,(H,28,31)(H,29,32). The molecule has 1 aliphatic rings. The molecule has 1 unspecified atom stereocenters. The molecule has 0 aliphatic carbocycles. The first-order valence-electron chi connectivity index (χ1n) is 12.0. The first-order valence-corrected chi connectivity index (χ1v) is 12.0. The van der Waals surface area contributed by atoms with Crippen molar-refractivity contribution in [3.8, 4) is 5.75 Å². The molecule has 0 bridgehead atoms. The maximum atomic E-state index is 13.2. The summed E-state index contributed by atoms with van der Waals surface area (Å²) in [5.41, 5.74) is 3.17. The van der Waals surface area contributed by atoms with Crippen LogP contribution in [0.4, 0.5) is 11.4 Å². The molecule has 180 valence electrons. The normalized spacial score (nSPS) is 14.3. The number of benzene rings is 2. The molecule has 2 N–H and O–H groups in total. The number of nitrogens with zero attached hydrogens (tertiary/aromatic N) is 1. The molecule has 7 heteroatoms. The molecule has 1 saturated heterocycles. The van der Waals surface area contributed by atoms with E-state index in [-0.39, 0.29) is 11.7 Å². The number of hydrogen-bond acceptors (Lipinski definition) is 5. The van der Waals surface area contributed by atoms with Gasteiger partial charge in [-0.15, -0.1) is 0 Å². The second-order valence-electron chi connectivity index (χ2n) is 8.82. The number of hydrogen-bond donors (Lipinski definition) is 2. The van der Waals surface area contributed by atoms with Gasteiger partial charge in [0.2, 0.25) is 5.91 Å². The van der Waals surface area contributed by atoms with E-state index in [1.54, 1.807) is 19.2 Å². The number of aryl methyl sites for hydroxylation is 1. The number of unbranched alkanes of at least 4 members (excludes halogenated alkanes) is 1. The fraction of sp³-hybridized carbons (Fsp3) is 0.407. The molecule has 2 heterocycles. The molecule has 2 amide bonds. The maximum absolute atomic E-state index is 13.2. The van der Waals surface area contributed by atoms with Crippen LogP contribution >= 0.6 is 0 Å². The number of carbonyl (C=O) groups excluding carboxylic acids is 2. The smallest absolute Gasteiger partial charge is 0.287 e. The lowest BCUT2D eigenvalue weighted by atomic mass is 10.1. The Morgan fingerprint density at radius 2 is 1.94 bits per heavy atom. The molecular weight excluding hydrogens is 430 g/mol. The van der Waals surface area contributed by atoms with Crippen molar-refractivity contribution in [3.05, 3.63) is 53.8 Å². The van der Waals surface area contributed by atoms with Gasteiger partial charge in [-0.2, -0.15) is 0 Å². The van der Waals surface area contributed by atoms with E-state index in [4.69, 9.17) is 9.15 Å². The monoisotopic (exact) mass is 463 g/mol. The van der Waals surface area contributed by atoms with E-state index in [9.17, 15) is 9.59 Å². The van der Waals surface area contributed by atoms with Crippen molar-refractivity contribution in [2.45, 2.75) is 52.0 Å². The van der Waals surface area contributed by atoms with Crippen molar-refractivity contribution in [1.29, 1.82) is 0 Å². The van der Waals surface area contributed by atoms with Gasteiger partial charge in [-0.25, -0.2) is 0 Å². The summed E-state index contributed by atoms with van der Waals surface area (Å²) in [5, 5.41) is 6.72. The first kappa shape index (κ1) is 23.7. The molecule has 34 heavy (non-hydrogen) atoms. The lowest BCUT2D eigenvalue weighted by Gasteiger charge is -2.20. The lowest BCUT2D eigenvalue weighted by molar-refractivity contribution is -0.118. The molecule has 4 rings (SSSR count). The van der Waals surface area contributed by atoms with Gasteiger partial charge >= 0.3 is 0 Å². The summed E-state index contributed by atoms with van der Waals surface area (Å²) in [6.45, 7) is 5.98. The van der Waals surface area contributed by atoms with E-state index in [2.05, 4.69) is 28.5 Å². The number of nitrogens with one attached hydrogen (secondary N) is 2. The van der Waals surface area contributed by atoms with Crippen LogP contribution in [0.25, 0.3) is 11.0 Å². The summed E-state index contributed by atoms with van der Waals surface area (Å²) in [4.78, 5) is 28.6. The van der Waals surface area contributed by atoms with Crippen LogP contribution < -0.4 is 20.3 Å². The predicted octanol–water partition coefficient (Wildman–Crippen LogP) is 5.28. The van der Waals surface area contributed by atoms with Crippen molar-refractivity contribution in [3.63, 3.8) is 0 Å². The fourth-order valence-electron chi connectivity index (χ4n) is 4.43. The summed E-state index contributed by atoms with van der Waals surface area (Å²) in [6, 6.07) is 12.7. The second-order valence-corrected chi connectivity index (χ2v) is 8.82. The minimum absolute atomic E-state index is 0.216. The third kappa shape index (κ3) is 5.19. The number of fused-ring (bicyclic) bond motifs is 1. The molecule has 0 radical (unpaired) electrons. The van der Waals surface area contributed by atoms with Crippen LogP contribution in [-0.2, 0) is 4.79 Å². The number of rotatable bonds is 9. The highest BCUT2D eigenvalue weighted by Gasteiger charge is 2.25. The molecule has 0 spiro atoms. The summed E-state index contributed by atoms with van der Waals surface area (Å²) < 4.78 is 11.1. The molecule has 1 aromatic heterocycles. The highest BCUT2D eigenvalue weighted by Crippen LogP contribution is 2.29. The Bertz CT molecular complexity index is 1160. The molecular formula is C27H33N3O4. The Balaban J connectivity index is 1.50. The van der Waals surface area contributed by atoms with E-state index in [1.807, 2.05) is 31.2 Å². The van der Waals surface area contributed by atoms with Gasteiger partial charge in [0.05, 0.1) is 7.11 Å². The molecule has 0 saturated carbocycles. The van der Waals surface area contributed by atoms with Crippen molar-refractivity contribution in [2.75, 3.05) is 30.4 Å². The third-order valence-electron chi connectivity index (χ3n) is 6.40. The van der Waals surface area contributed by atoms with E-state index in [1.165, 1.54) is 12.8 Å². The zero-order valence-corrected chi connectivity index (χ0v) is 20.1.